The van der Waals surface area contributed by atoms with Crippen molar-refractivity contribution in [3.8, 4) is 28.6 Å². The van der Waals surface area contributed by atoms with Crippen LogP contribution in [0.5, 0.6) is 0 Å². The Morgan fingerprint density at radius 3 is 2.42 bits per heavy atom. The van der Waals surface area contributed by atoms with Gasteiger partial charge in [0.1, 0.15) is 23.3 Å². The lowest BCUT2D eigenvalue weighted by molar-refractivity contribution is 0.0957. The number of rotatable bonds is 6. The van der Waals surface area contributed by atoms with E-state index in [1.807, 2.05) is 48.5 Å². The SMILES string of the molecule is CNC(=O)c1ccc2nc(-c3ccc(CN4CCN(c5ccnc(C#N)n5)CC4)cc3)c(-c3ccccc3)n2n1. The molecule has 1 saturated heterocycles. The minimum atomic E-state index is -0.245. The van der Waals surface area contributed by atoms with Crippen LogP contribution in [0.15, 0.2) is 79.0 Å². The molecule has 10 heteroatoms. The van der Waals surface area contributed by atoms with Gasteiger partial charge in [-0.3, -0.25) is 9.69 Å². The molecule has 1 aliphatic heterocycles. The summed E-state index contributed by atoms with van der Waals surface area (Å²) in [5.41, 5.74) is 5.83. The Morgan fingerprint density at radius 1 is 0.925 bits per heavy atom. The van der Waals surface area contributed by atoms with Gasteiger partial charge in [-0.2, -0.15) is 10.4 Å². The van der Waals surface area contributed by atoms with E-state index in [-0.39, 0.29) is 11.7 Å². The molecule has 198 valence electrons. The molecule has 0 unspecified atom stereocenters. The number of benzene rings is 2. The maximum atomic E-state index is 12.3. The first kappa shape index (κ1) is 25.2. The van der Waals surface area contributed by atoms with Gasteiger partial charge in [-0.25, -0.2) is 19.5 Å². The van der Waals surface area contributed by atoms with E-state index in [9.17, 15) is 4.79 Å². The van der Waals surface area contributed by atoms with Crippen molar-refractivity contribution in [1.29, 1.82) is 5.26 Å². The van der Waals surface area contributed by atoms with Crippen molar-refractivity contribution in [2.45, 2.75) is 6.54 Å². The molecule has 0 bridgehead atoms. The zero-order valence-electron chi connectivity index (χ0n) is 22.0. The third-order valence-corrected chi connectivity index (χ3v) is 7.06. The van der Waals surface area contributed by atoms with Crippen molar-refractivity contribution in [3.05, 3.63) is 96.1 Å². The number of nitrogens with one attached hydrogen (secondary N) is 1. The number of nitrogens with zero attached hydrogens (tertiary/aromatic N) is 8. The number of hydrogen-bond acceptors (Lipinski definition) is 8. The van der Waals surface area contributed by atoms with Crippen molar-refractivity contribution in [2.24, 2.45) is 0 Å². The van der Waals surface area contributed by atoms with Gasteiger partial charge in [-0.1, -0.05) is 54.6 Å². The maximum Gasteiger partial charge on any atom is 0.271 e. The molecule has 3 aromatic heterocycles. The van der Waals surface area contributed by atoms with E-state index in [1.165, 1.54) is 5.56 Å². The fourth-order valence-electron chi connectivity index (χ4n) is 4.98. The highest BCUT2D eigenvalue weighted by Crippen LogP contribution is 2.32. The molecule has 0 aliphatic carbocycles. The van der Waals surface area contributed by atoms with Crippen LogP contribution in [0.25, 0.3) is 28.2 Å². The van der Waals surface area contributed by atoms with Gasteiger partial charge in [-0.05, 0) is 23.8 Å². The lowest BCUT2D eigenvalue weighted by Crippen LogP contribution is -2.46. The number of amides is 1. The highest BCUT2D eigenvalue weighted by molar-refractivity contribution is 5.92. The molecule has 10 nitrogen and oxygen atoms in total. The molecule has 0 spiro atoms. The summed E-state index contributed by atoms with van der Waals surface area (Å²) in [6.45, 7) is 4.32. The first-order chi connectivity index (χ1) is 19.6. The van der Waals surface area contributed by atoms with Gasteiger partial charge in [0.25, 0.3) is 5.91 Å². The first-order valence-electron chi connectivity index (χ1n) is 13.1. The molecule has 4 heterocycles. The molecule has 5 aromatic rings. The molecule has 1 N–H and O–H groups in total. The maximum absolute atomic E-state index is 12.3. The highest BCUT2D eigenvalue weighted by atomic mass is 16.1. The van der Waals surface area contributed by atoms with Crippen LogP contribution in [0.3, 0.4) is 0 Å². The summed E-state index contributed by atoms with van der Waals surface area (Å²) < 4.78 is 1.75. The third kappa shape index (κ3) is 4.98. The molecular weight excluding hydrogens is 502 g/mol. The van der Waals surface area contributed by atoms with Crippen LogP contribution in [0.4, 0.5) is 5.82 Å². The second kappa shape index (κ2) is 10.9. The van der Waals surface area contributed by atoms with Crippen LogP contribution in [-0.2, 0) is 6.54 Å². The Balaban J connectivity index is 1.22. The summed E-state index contributed by atoms with van der Waals surface area (Å²) in [4.78, 5) is 30.1. The van der Waals surface area contributed by atoms with E-state index in [0.29, 0.717) is 11.3 Å². The number of aromatic nitrogens is 5. The smallest absolute Gasteiger partial charge is 0.271 e. The number of piperazine rings is 1. The summed E-state index contributed by atoms with van der Waals surface area (Å²) in [6.07, 6.45) is 1.64. The van der Waals surface area contributed by atoms with Crippen LogP contribution in [0, 0.1) is 11.3 Å². The standard InChI is InChI=1S/C30H27N9O/c1-32-30(40)24-11-12-27-35-28(29(39(27)36-24)23-5-3-2-4-6-23)22-9-7-21(8-10-22)20-37-15-17-38(18-16-37)26-13-14-33-25(19-31)34-26/h2-14H,15-18,20H2,1H3,(H,32,40). The van der Waals surface area contributed by atoms with Crippen molar-refractivity contribution in [3.63, 3.8) is 0 Å². The third-order valence-electron chi connectivity index (χ3n) is 7.06. The van der Waals surface area contributed by atoms with E-state index >= 15 is 0 Å². The summed E-state index contributed by atoms with van der Waals surface area (Å²) >= 11 is 0. The van der Waals surface area contributed by atoms with Crippen molar-refractivity contribution < 1.29 is 4.79 Å². The van der Waals surface area contributed by atoms with E-state index < -0.39 is 0 Å². The molecule has 1 amide bonds. The van der Waals surface area contributed by atoms with Crippen LogP contribution < -0.4 is 10.2 Å². The Labute approximate surface area is 231 Å². The fraction of sp³-hybridized carbons (Fsp3) is 0.200. The first-order valence-corrected chi connectivity index (χ1v) is 13.1. The van der Waals surface area contributed by atoms with Gasteiger partial charge in [0.05, 0.1) is 5.69 Å². The molecule has 0 saturated carbocycles. The predicted octanol–water partition coefficient (Wildman–Crippen LogP) is 3.41. The van der Waals surface area contributed by atoms with Gasteiger partial charge in [0.2, 0.25) is 5.82 Å². The monoisotopic (exact) mass is 529 g/mol. The van der Waals surface area contributed by atoms with E-state index in [1.54, 1.807) is 23.8 Å². The molecule has 1 fully saturated rings. The van der Waals surface area contributed by atoms with Crippen molar-refractivity contribution in [1.82, 2.24) is 34.8 Å². The average molecular weight is 530 g/mol. The molecule has 6 rings (SSSR count). The Morgan fingerprint density at radius 2 is 1.70 bits per heavy atom. The number of fused-ring (bicyclic) bond motifs is 1. The second-order valence-electron chi connectivity index (χ2n) is 9.55. The van der Waals surface area contributed by atoms with Crippen LogP contribution in [-0.4, -0.2) is 68.6 Å². The number of carbonyl (C=O) groups excluding carboxylic acids is 1. The normalized spacial score (nSPS) is 13.8. The number of carbonyl (C=O) groups is 1. The summed E-state index contributed by atoms with van der Waals surface area (Å²) in [7, 11) is 1.59. The predicted molar refractivity (Wildman–Crippen MR) is 151 cm³/mol. The topological polar surface area (TPSA) is 115 Å². The largest absolute Gasteiger partial charge is 0.354 e. The zero-order chi connectivity index (χ0) is 27.5. The summed E-state index contributed by atoms with van der Waals surface area (Å²) in [6, 6.07) is 25.9. The van der Waals surface area contributed by atoms with Crippen LogP contribution >= 0.6 is 0 Å². The van der Waals surface area contributed by atoms with Crippen molar-refractivity contribution >= 4 is 17.4 Å². The van der Waals surface area contributed by atoms with Gasteiger partial charge in [0.15, 0.2) is 5.65 Å². The lowest BCUT2D eigenvalue weighted by Gasteiger charge is -2.35. The molecule has 2 aromatic carbocycles. The summed E-state index contributed by atoms with van der Waals surface area (Å²) in [5.74, 6) is 0.753. The Hall–Kier alpha value is -5.14. The molecular formula is C30H27N9O. The minimum absolute atomic E-state index is 0.198. The van der Waals surface area contributed by atoms with Gasteiger partial charge in [0, 0.05) is 57.1 Å². The van der Waals surface area contributed by atoms with E-state index in [0.717, 1.165) is 61.1 Å². The zero-order valence-corrected chi connectivity index (χ0v) is 22.0. The molecule has 40 heavy (non-hydrogen) atoms. The number of nitriles is 1. The van der Waals surface area contributed by atoms with Gasteiger partial charge < -0.3 is 10.2 Å². The van der Waals surface area contributed by atoms with Crippen LogP contribution in [0.2, 0.25) is 0 Å². The molecule has 0 radical (unpaired) electrons. The average Bonchev–Trinajstić information content (AvgIpc) is 3.40. The lowest BCUT2D eigenvalue weighted by atomic mass is 10.0. The molecule has 0 atom stereocenters. The van der Waals surface area contributed by atoms with Crippen molar-refractivity contribution in [2.75, 3.05) is 38.1 Å². The van der Waals surface area contributed by atoms with E-state index in [2.05, 4.69) is 54.4 Å². The number of hydrogen-bond donors (Lipinski definition) is 1. The van der Waals surface area contributed by atoms with Gasteiger partial charge in [-0.15, -0.1) is 0 Å². The number of anilines is 1. The second-order valence-corrected chi connectivity index (χ2v) is 9.55. The Bertz CT molecular complexity index is 1700. The van der Waals surface area contributed by atoms with Gasteiger partial charge >= 0.3 is 0 Å². The molecule has 1 aliphatic rings. The Kier molecular flexibility index (Phi) is 6.87. The summed E-state index contributed by atoms with van der Waals surface area (Å²) in [5, 5.41) is 16.3. The highest BCUT2D eigenvalue weighted by Gasteiger charge is 2.21. The quantitative estimate of drug-likeness (QED) is 0.356. The van der Waals surface area contributed by atoms with E-state index in [4.69, 9.17) is 10.2 Å². The number of imidazole rings is 1. The fourth-order valence-corrected chi connectivity index (χ4v) is 4.98. The van der Waals surface area contributed by atoms with Crippen LogP contribution in [0.1, 0.15) is 21.9 Å². The minimum Gasteiger partial charge on any atom is -0.354 e.